The van der Waals surface area contributed by atoms with E-state index in [0.29, 0.717) is 29.9 Å². The molecule has 0 radical (unpaired) electrons. The highest BCUT2D eigenvalue weighted by Crippen LogP contribution is 2.12. The predicted molar refractivity (Wildman–Crippen MR) is 58.2 cm³/mol. The summed E-state index contributed by atoms with van der Waals surface area (Å²) in [7, 11) is 0. The molecule has 1 N–H and O–H groups in total. The second-order valence-corrected chi connectivity index (χ2v) is 3.74. The van der Waals surface area contributed by atoms with Gasteiger partial charge in [0.15, 0.2) is 11.0 Å². The molecule has 86 valence electrons. The summed E-state index contributed by atoms with van der Waals surface area (Å²) in [5.74, 6) is 2.11. The normalized spacial score (nSPS) is 10.9. The van der Waals surface area contributed by atoms with Crippen molar-refractivity contribution in [1.29, 1.82) is 0 Å². The van der Waals surface area contributed by atoms with Gasteiger partial charge in [0.25, 0.3) is 0 Å². The van der Waals surface area contributed by atoms with Gasteiger partial charge in [0, 0.05) is 13.0 Å². The van der Waals surface area contributed by atoms with E-state index >= 15 is 0 Å². The minimum absolute atomic E-state index is 0.407. The first-order valence-electron chi connectivity index (χ1n) is 4.98. The minimum Gasteiger partial charge on any atom is -0.448 e. The number of halogens is 1. The molecule has 0 amide bonds. The Kier molecular flexibility index (Phi) is 3.58. The van der Waals surface area contributed by atoms with Gasteiger partial charge in [-0.15, -0.1) is 0 Å². The van der Waals surface area contributed by atoms with Gasteiger partial charge in [0.05, 0.1) is 6.54 Å². The van der Waals surface area contributed by atoms with Crippen LogP contribution < -0.4 is 5.32 Å². The van der Waals surface area contributed by atoms with Crippen LogP contribution in [0.15, 0.2) is 21.1 Å². The van der Waals surface area contributed by atoms with E-state index in [2.05, 4.69) is 15.5 Å². The van der Waals surface area contributed by atoms with Crippen molar-refractivity contribution < 1.29 is 8.94 Å². The van der Waals surface area contributed by atoms with E-state index in [-0.39, 0.29) is 0 Å². The summed E-state index contributed by atoms with van der Waals surface area (Å²) >= 11 is 5.64. The van der Waals surface area contributed by atoms with Crippen molar-refractivity contribution in [2.45, 2.75) is 19.9 Å². The highest BCUT2D eigenvalue weighted by molar-refractivity contribution is 6.28. The molecule has 0 aliphatic carbocycles. The molecule has 0 saturated heterocycles. The Labute approximate surface area is 97.8 Å². The van der Waals surface area contributed by atoms with Crippen LogP contribution in [-0.2, 0) is 13.0 Å². The topological polar surface area (TPSA) is 64.1 Å². The standard InChI is InChI=1S/C10H12ClN3O2/c1-7-13-10(16-14-7)4-5-12-6-8-2-3-9(11)15-8/h2-3,12H,4-6H2,1H3. The molecular weight excluding hydrogens is 230 g/mol. The second kappa shape index (κ2) is 5.14. The summed E-state index contributed by atoms with van der Waals surface area (Å²) in [6.07, 6.45) is 0.704. The van der Waals surface area contributed by atoms with Gasteiger partial charge in [-0.3, -0.25) is 0 Å². The monoisotopic (exact) mass is 241 g/mol. The van der Waals surface area contributed by atoms with E-state index in [1.54, 1.807) is 13.0 Å². The van der Waals surface area contributed by atoms with Crippen LogP contribution in [0.2, 0.25) is 5.22 Å². The SMILES string of the molecule is Cc1noc(CCNCc2ccc(Cl)o2)n1. The van der Waals surface area contributed by atoms with Gasteiger partial charge >= 0.3 is 0 Å². The molecule has 2 aromatic rings. The molecule has 2 rings (SSSR count). The van der Waals surface area contributed by atoms with Crippen molar-refractivity contribution in [3.05, 3.63) is 34.8 Å². The van der Waals surface area contributed by atoms with Crippen molar-refractivity contribution in [3.63, 3.8) is 0 Å². The lowest BCUT2D eigenvalue weighted by molar-refractivity contribution is 0.371. The van der Waals surface area contributed by atoms with E-state index in [1.165, 1.54) is 0 Å². The van der Waals surface area contributed by atoms with Gasteiger partial charge in [0.1, 0.15) is 5.76 Å². The fourth-order valence-electron chi connectivity index (χ4n) is 1.30. The van der Waals surface area contributed by atoms with E-state index in [1.807, 2.05) is 6.07 Å². The molecule has 0 fully saturated rings. The Morgan fingerprint density at radius 2 is 2.31 bits per heavy atom. The first kappa shape index (κ1) is 11.2. The maximum atomic E-state index is 5.64. The Balaban J connectivity index is 1.69. The number of furan rings is 1. The van der Waals surface area contributed by atoms with Gasteiger partial charge in [-0.2, -0.15) is 4.98 Å². The van der Waals surface area contributed by atoms with Crippen LogP contribution in [0.4, 0.5) is 0 Å². The number of nitrogens with zero attached hydrogens (tertiary/aromatic N) is 2. The summed E-state index contributed by atoms with van der Waals surface area (Å²) in [5.41, 5.74) is 0. The molecule has 0 atom stereocenters. The van der Waals surface area contributed by atoms with Crippen LogP contribution in [0.25, 0.3) is 0 Å². The third kappa shape index (κ3) is 3.08. The quantitative estimate of drug-likeness (QED) is 0.811. The third-order valence-electron chi connectivity index (χ3n) is 2.01. The van der Waals surface area contributed by atoms with Crippen LogP contribution in [0, 0.1) is 6.92 Å². The first-order valence-corrected chi connectivity index (χ1v) is 5.36. The molecule has 6 heteroatoms. The maximum Gasteiger partial charge on any atom is 0.227 e. The van der Waals surface area contributed by atoms with Crippen LogP contribution in [0.3, 0.4) is 0 Å². The molecule has 0 aliphatic rings. The fourth-order valence-corrected chi connectivity index (χ4v) is 1.46. The van der Waals surface area contributed by atoms with Crippen molar-refractivity contribution in [2.24, 2.45) is 0 Å². The van der Waals surface area contributed by atoms with E-state index < -0.39 is 0 Å². The van der Waals surface area contributed by atoms with Crippen LogP contribution >= 0.6 is 11.6 Å². The zero-order valence-electron chi connectivity index (χ0n) is 8.86. The van der Waals surface area contributed by atoms with E-state index in [9.17, 15) is 0 Å². The first-order chi connectivity index (χ1) is 7.74. The third-order valence-corrected chi connectivity index (χ3v) is 2.22. The molecule has 0 bridgehead atoms. The number of rotatable bonds is 5. The Morgan fingerprint density at radius 1 is 1.44 bits per heavy atom. The smallest absolute Gasteiger partial charge is 0.227 e. The number of aryl methyl sites for hydroxylation is 1. The van der Waals surface area contributed by atoms with Crippen LogP contribution in [0.5, 0.6) is 0 Å². The molecule has 5 nitrogen and oxygen atoms in total. The predicted octanol–water partition coefficient (Wildman–Crippen LogP) is 1.96. The van der Waals surface area contributed by atoms with Gasteiger partial charge in [0.2, 0.25) is 5.89 Å². The largest absolute Gasteiger partial charge is 0.448 e. The fraction of sp³-hybridized carbons (Fsp3) is 0.400. The van der Waals surface area contributed by atoms with Gasteiger partial charge < -0.3 is 14.3 Å². The molecule has 0 spiro atoms. The maximum absolute atomic E-state index is 5.64. The van der Waals surface area contributed by atoms with Crippen LogP contribution in [-0.4, -0.2) is 16.7 Å². The lowest BCUT2D eigenvalue weighted by atomic mass is 10.4. The molecule has 2 aromatic heterocycles. The summed E-state index contributed by atoms with van der Waals surface area (Å²) in [4.78, 5) is 4.10. The molecular formula is C10H12ClN3O2. The molecule has 0 saturated carbocycles. The zero-order valence-corrected chi connectivity index (χ0v) is 9.62. The van der Waals surface area contributed by atoms with Crippen LogP contribution in [0.1, 0.15) is 17.5 Å². The number of hydrogen-bond acceptors (Lipinski definition) is 5. The van der Waals surface area contributed by atoms with Gasteiger partial charge in [-0.1, -0.05) is 5.16 Å². The Hall–Kier alpha value is -1.33. The number of aromatic nitrogens is 2. The minimum atomic E-state index is 0.407. The van der Waals surface area contributed by atoms with Crippen molar-refractivity contribution in [3.8, 4) is 0 Å². The highest BCUT2D eigenvalue weighted by atomic mass is 35.5. The molecule has 0 aliphatic heterocycles. The van der Waals surface area contributed by atoms with E-state index in [0.717, 1.165) is 12.3 Å². The molecule has 16 heavy (non-hydrogen) atoms. The Morgan fingerprint density at radius 3 is 2.94 bits per heavy atom. The molecule has 0 aromatic carbocycles. The summed E-state index contributed by atoms with van der Waals surface area (Å²) in [6, 6.07) is 3.56. The summed E-state index contributed by atoms with van der Waals surface area (Å²) in [6.45, 7) is 3.19. The van der Waals surface area contributed by atoms with Crippen molar-refractivity contribution in [1.82, 2.24) is 15.5 Å². The highest BCUT2D eigenvalue weighted by Gasteiger charge is 2.02. The number of hydrogen-bond donors (Lipinski definition) is 1. The van der Waals surface area contributed by atoms with Gasteiger partial charge in [-0.05, 0) is 30.7 Å². The van der Waals surface area contributed by atoms with Crippen molar-refractivity contribution in [2.75, 3.05) is 6.54 Å². The molecule has 2 heterocycles. The van der Waals surface area contributed by atoms with Crippen molar-refractivity contribution >= 4 is 11.6 Å². The average molecular weight is 242 g/mol. The van der Waals surface area contributed by atoms with Gasteiger partial charge in [-0.25, -0.2) is 0 Å². The lowest BCUT2D eigenvalue weighted by Gasteiger charge is -1.99. The summed E-state index contributed by atoms with van der Waals surface area (Å²) < 4.78 is 10.2. The average Bonchev–Trinajstić information content (AvgIpc) is 2.83. The summed E-state index contributed by atoms with van der Waals surface area (Å²) in [5, 5.41) is 7.31. The molecule has 0 unspecified atom stereocenters. The zero-order chi connectivity index (χ0) is 11.4. The second-order valence-electron chi connectivity index (χ2n) is 3.37. The number of nitrogens with one attached hydrogen (secondary N) is 1. The Bertz CT molecular complexity index is 410. The van der Waals surface area contributed by atoms with E-state index in [4.69, 9.17) is 20.5 Å². The lowest BCUT2D eigenvalue weighted by Crippen LogP contribution is -2.16.